The first-order valence-electron chi connectivity index (χ1n) is 9.02. The molecule has 0 saturated carbocycles. The van der Waals surface area contributed by atoms with Crippen LogP contribution in [0.3, 0.4) is 0 Å². The van der Waals surface area contributed by atoms with Gasteiger partial charge in [0, 0.05) is 36.4 Å². The molecular formula is C19H18N4O9. The highest BCUT2D eigenvalue weighted by atomic mass is 16.6. The summed E-state index contributed by atoms with van der Waals surface area (Å²) in [5, 5.41) is 26.5. The summed E-state index contributed by atoms with van der Waals surface area (Å²) in [6, 6.07) is 9.03. The Balaban J connectivity index is 1.81. The minimum Gasteiger partial charge on any atom is -0.497 e. The molecule has 2 N–H and O–H groups in total. The minimum absolute atomic E-state index is 0.133. The number of amides is 2. The molecule has 0 aliphatic heterocycles. The summed E-state index contributed by atoms with van der Waals surface area (Å²) in [5.74, 6) is -1.98. The second-order valence-corrected chi connectivity index (χ2v) is 6.20. The maximum atomic E-state index is 12.0. The zero-order valence-electron chi connectivity index (χ0n) is 16.7. The predicted octanol–water partition coefficient (Wildman–Crippen LogP) is 2.41. The van der Waals surface area contributed by atoms with Crippen molar-refractivity contribution in [1.29, 1.82) is 0 Å². The lowest BCUT2D eigenvalue weighted by Crippen LogP contribution is -2.22. The molecule has 2 aromatic carbocycles. The van der Waals surface area contributed by atoms with E-state index in [1.165, 1.54) is 43.5 Å². The Kier molecular flexibility index (Phi) is 8.16. The van der Waals surface area contributed by atoms with Gasteiger partial charge in [-0.25, -0.2) is 0 Å². The molecule has 0 saturated heterocycles. The van der Waals surface area contributed by atoms with Gasteiger partial charge in [0.25, 0.3) is 17.3 Å². The highest BCUT2D eigenvalue weighted by Crippen LogP contribution is 2.28. The fourth-order valence-corrected chi connectivity index (χ4v) is 2.44. The lowest BCUT2D eigenvalue weighted by atomic mass is 10.2. The Morgan fingerprint density at radius 1 is 0.938 bits per heavy atom. The molecule has 0 fully saturated rings. The van der Waals surface area contributed by atoms with Gasteiger partial charge in [-0.3, -0.25) is 34.6 Å². The van der Waals surface area contributed by atoms with Gasteiger partial charge < -0.3 is 20.1 Å². The fourth-order valence-electron chi connectivity index (χ4n) is 2.44. The van der Waals surface area contributed by atoms with E-state index < -0.39 is 34.2 Å². The number of ether oxygens (including phenoxy) is 2. The van der Waals surface area contributed by atoms with Gasteiger partial charge in [-0.15, -0.1) is 0 Å². The van der Waals surface area contributed by atoms with Crippen LogP contribution in [0.25, 0.3) is 0 Å². The maximum absolute atomic E-state index is 12.0. The van der Waals surface area contributed by atoms with Crippen LogP contribution in [-0.4, -0.2) is 41.3 Å². The molecule has 0 heterocycles. The van der Waals surface area contributed by atoms with E-state index >= 15 is 0 Å². The van der Waals surface area contributed by atoms with Gasteiger partial charge in [-0.05, 0) is 12.1 Å². The maximum Gasteiger partial charge on any atom is 0.306 e. The third kappa shape index (κ3) is 7.05. The molecule has 0 aromatic heterocycles. The first-order chi connectivity index (χ1) is 15.2. The Bertz CT molecular complexity index is 1050. The smallest absolute Gasteiger partial charge is 0.306 e. The van der Waals surface area contributed by atoms with Crippen molar-refractivity contribution in [2.45, 2.75) is 12.8 Å². The van der Waals surface area contributed by atoms with E-state index in [-0.39, 0.29) is 41.3 Å². The zero-order chi connectivity index (χ0) is 23.7. The topological polar surface area (TPSA) is 180 Å². The quantitative estimate of drug-likeness (QED) is 0.315. The Morgan fingerprint density at radius 2 is 1.69 bits per heavy atom. The number of esters is 1. The number of rotatable bonds is 10. The lowest BCUT2D eigenvalue weighted by molar-refractivity contribution is -0.384. The molecule has 0 atom stereocenters. The lowest BCUT2D eigenvalue weighted by Gasteiger charge is -2.09. The van der Waals surface area contributed by atoms with Crippen LogP contribution in [0.5, 0.6) is 5.75 Å². The van der Waals surface area contributed by atoms with Crippen molar-refractivity contribution in [3.63, 3.8) is 0 Å². The summed E-state index contributed by atoms with van der Waals surface area (Å²) >= 11 is 0. The summed E-state index contributed by atoms with van der Waals surface area (Å²) in [7, 11) is 1.35. The third-order valence-corrected chi connectivity index (χ3v) is 3.94. The highest BCUT2D eigenvalue weighted by molar-refractivity contribution is 5.96. The average molecular weight is 446 g/mol. The number of hydrogen-bond acceptors (Lipinski definition) is 9. The van der Waals surface area contributed by atoms with Crippen LogP contribution >= 0.6 is 0 Å². The number of methoxy groups -OCH3 is 1. The molecule has 0 aliphatic carbocycles. The van der Waals surface area contributed by atoms with Gasteiger partial charge in [0.15, 0.2) is 6.61 Å². The van der Waals surface area contributed by atoms with Crippen LogP contribution in [0.2, 0.25) is 0 Å². The summed E-state index contributed by atoms with van der Waals surface area (Å²) in [6.45, 7) is -0.723. The van der Waals surface area contributed by atoms with Crippen LogP contribution < -0.4 is 15.4 Å². The summed E-state index contributed by atoms with van der Waals surface area (Å²) in [4.78, 5) is 56.1. The van der Waals surface area contributed by atoms with E-state index in [9.17, 15) is 34.6 Å². The minimum atomic E-state index is -0.852. The monoisotopic (exact) mass is 446 g/mol. The molecule has 2 aromatic rings. The molecule has 13 nitrogen and oxygen atoms in total. The standard InChI is InChI=1S/C19H18N4O9/c1-31-14-5-6-16(23(29)30)15(10-14)21-18(25)11-32-19(26)8-7-17(24)20-12-3-2-4-13(9-12)22(27)28/h2-6,9-10H,7-8,11H2,1H3,(H,20,24)(H,21,25). The van der Waals surface area contributed by atoms with E-state index in [1.807, 2.05) is 0 Å². The second-order valence-electron chi connectivity index (χ2n) is 6.20. The molecule has 0 unspecified atom stereocenters. The van der Waals surface area contributed by atoms with E-state index in [1.54, 1.807) is 0 Å². The predicted molar refractivity (Wildman–Crippen MR) is 110 cm³/mol. The van der Waals surface area contributed by atoms with E-state index in [2.05, 4.69) is 10.6 Å². The van der Waals surface area contributed by atoms with Crippen LogP contribution in [0.1, 0.15) is 12.8 Å². The van der Waals surface area contributed by atoms with Crippen molar-refractivity contribution < 1.29 is 33.7 Å². The van der Waals surface area contributed by atoms with Gasteiger partial charge in [-0.2, -0.15) is 0 Å². The number of nitro benzene ring substituents is 2. The van der Waals surface area contributed by atoms with Gasteiger partial charge in [-0.1, -0.05) is 6.07 Å². The molecule has 2 rings (SSSR count). The van der Waals surface area contributed by atoms with Crippen molar-refractivity contribution in [3.8, 4) is 5.75 Å². The number of carbonyl (C=O) groups is 3. The molecule has 0 aliphatic rings. The van der Waals surface area contributed by atoms with E-state index in [4.69, 9.17) is 9.47 Å². The number of nitro groups is 2. The summed E-state index contributed by atoms with van der Waals surface area (Å²) in [5.41, 5.74) is -0.517. The molecule has 32 heavy (non-hydrogen) atoms. The third-order valence-electron chi connectivity index (χ3n) is 3.94. The molecular weight excluding hydrogens is 428 g/mol. The first kappa shape index (κ1) is 23.7. The number of nitrogens with zero attached hydrogens (tertiary/aromatic N) is 2. The van der Waals surface area contributed by atoms with Gasteiger partial charge >= 0.3 is 5.97 Å². The SMILES string of the molecule is COc1ccc([N+](=O)[O-])c(NC(=O)COC(=O)CCC(=O)Nc2cccc([N+](=O)[O-])c2)c1. The van der Waals surface area contributed by atoms with Crippen molar-refractivity contribution in [2.24, 2.45) is 0 Å². The molecule has 2 amide bonds. The average Bonchev–Trinajstić information content (AvgIpc) is 2.76. The second kappa shape index (κ2) is 11.0. The number of non-ortho nitro benzene ring substituents is 1. The number of anilines is 2. The van der Waals surface area contributed by atoms with Crippen LogP contribution in [0.4, 0.5) is 22.7 Å². The van der Waals surface area contributed by atoms with Gasteiger partial charge in [0.2, 0.25) is 5.91 Å². The molecule has 0 spiro atoms. The van der Waals surface area contributed by atoms with Crippen LogP contribution in [-0.2, 0) is 19.1 Å². The van der Waals surface area contributed by atoms with E-state index in [0.717, 1.165) is 6.07 Å². The number of nitrogens with one attached hydrogen (secondary N) is 2. The Hall–Kier alpha value is -4.55. The summed E-state index contributed by atoms with van der Waals surface area (Å²) in [6.07, 6.45) is -0.641. The Labute approximate surface area is 180 Å². The zero-order valence-corrected chi connectivity index (χ0v) is 16.7. The van der Waals surface area contributed by atoms with Crippen LogP contribution in [0, 0.1) is 20.2 Å². The largest absolute Gasteiger partial charge is 0.497 e. The van der Waals surface area contributed by atoms with Crippen molar-refractivity contribution >= 4 is 40.5 Å². The number of hydrogen-bond donors (Lipinski definition) is 2. The number of benzene rings is 2. The molecule has 168 valence electrons. The molecule has 0 bridgehead atoms. The van der Waals surface area contributed by atoms with Crippen molar-refractivity contribution in [2.75, 3.05) is 24.4 Å². The fraction of sp³-hybridized carbons (Fsp3) is 0.211. The molecule has 0 radical (unpaired) electrons. The number of carbonyl (C=O) groups excluding carboxylic acids is 3. The van der Waals surface area contributed by atoms with Crippen molar-refractivity contribution in [1.82, 2.24) is 0 Å². The normalized spacial score (nSPS) is 10.0. The van der Waals surface area contributed by atoms with Crippen molar-refractivity contribution in [3.05, 3.63) is 62.7 Å². The summed E-state index contributed by atoms with van der Waals surface area (Å²) < 4.78 is 9.72. The Morgan fingerprint density at radius 3 is 2.34 bits per heavy atom. The first-order valence-corrected chi connectivity index (χ1v) is 9.02. The van der Waals surface area contributed by atoms with Gasteiger partial charge in [0.1, 0.15) is 11.4 Å². The highest BCUT2D eigenvalue weighted by Gasteiger charge is 2.18. The van der Waals surface area contributed by atoms with Gasteiger partial charge in [0.05, 0.1) is 23.4 Å². The molecule has 13 heteroatoms. The van der Waals surface area contributed by atoms with Crippen LogP contribution in [0.15, 0.2) is 42.5 Å². The van der Waals surface area contributed by atoms with E-state index in [0.29, 0.717) is 0 Å².